The molecule has 2 aromatic rings. The Morgan fingerprint density at radius 3 is 2.52 bits per heavy atom. The first-order chi connectivity index (χ1) is 10.9. The predicted octanol–water partition coefficient (Wildman–Crippen LogP) is 3.74. The molecule has 7 heteroatoms. The number of nitrogens with zero attached hydrogens (tertiary/aromatic N) is 1. The van der Waals surface area contributed by atoms with Crippen molar-refractivity contribution in [1.29, 1.82) is 0 Å². The monoisotopic (exact) mass is 354 g/mol. The molecule has 0 fully saturated rings. The lowest BCUT2D eigenvalue weighted by atomic mass is 10.0. The van der Waals surface area contributed by atoms with Crippen LogP contribution in [0.5, 0.6) is 0 Å². The highest BCUT2D eigenvalue weighted by Gasteiger charge is 2.12. The molecular weight excluding hydrogens is 332 g/mol. The quantitative estimate of drug-likeness (QED) is 0.784. The van der Waals surface area contributed by atoms with Gasteiger partial charge in [0.2, 0.25) is 0 Å². The summed E-state index contributed by atoms with van der Waals surface area (Å²) in [4.78, 5) is 4.62. The Labute approximate surface area is 142 Å². The number of thiazole rings is 1. The molecule has 1 N–H and O–H groups in total. The smallest absolute Gasteiger partial charge is 0.261 e. The third-order valence-corrected chi connectivity index (χ3v) is 5.52. The van der Waals surface area contributed by atoms with E-state index in [2.05, 4.69) is 33.1 Å². The molecular formula is C16H22N2O3S2. The Hall–Kier alpha value is -1.44. The van der Waals surface area contributed by atoms with Gasteiger partial charge in [-0.15, -0.1) is 11.3 Å². The largest absolute Gasteiger partial charge is 0.359 e. The minimum Gasteiger partial charge on any atom is -0.261 e. The zero-order chi connectivity index (χ0) is 16.9. The Morgan fingerprint density at radius 1 is 1.26 bits per heavy atom. The first kappa shape index (κ1) is 17.9. The molecule has 1 heterocycles. The molecule has 0 radical (unpaired) electrons. The number of aromatic nitrogens is 1. The van der Waals surface area contributed by atoms with Crippen molar-refractivity contribution >= 4 is 27.3 Å². The van der Waals surface area contributed by atoms with Gasteiger partial charge >= 0.3 is 10.3 Å². The minimum atomic E-state index is -3.72. The molecule has 1 aromatic carbocycles. The average molecular weight is 354 g/mol. The first-order valence-electron chi connectivity index (χ1n) is 7.64. The fourth-order valence-corrected chi connectivity index (χ4v) is 3.95. The zero-order valence-corrected chi connectivity index (χ0v) is 15.2. The van der Waals surface area contributed by atoms with Crippen LogP contribution in [0.1, 0.15) is 43.0 Å². The lowest BCUT2D eigenvalue weighted by Gasteiger charge is -2.10. The molecule has 5 nitrogen and oxygen atoms in total. The van der Waals surface area contributed by atoms with Crippen LogP contribution in [0.4, 0.5) is 5.69 Å². The molecule has 0 aliphatic carbocycles. The Bertz CT molecular complexity index is 724. The number of nitrogens with one attached hydrogen (secondary N) is 1. The second-order valence-corrected chi connectivity index (χ2v) is 7.53. The van der Waals surface area contributed by atoms with Crippen molar-refractivity contribution in [1.82, 2.24) is 4.98 Å². The summed E-state index contributed by atoms with van der Waals surface area (Å²) in [5, 5.41) is 3.25. The van der Waals surface area contributed by atoms with Crippen molar-refractivity contribution in [2.45, 2.75) is 39.5 Å². The van der Waals surface area contributed by atoms with Crippen LogP contribution in [0.25, 0.3) is 0 Å². The summed E-state index contributed by atoms with van der Waals surface area (Å²) >= 11 is 1.70. The summed E-state index contributed by atoms with van der Waals surface area (Å²) in [7, 11) is -3.72. The summed E-state index contributed by atoms with van der Waals surface area (Å²) in [6, 6.07) is 7.35. The van der Waals surface area contributed by atoms with Crippen LogP contribution in [0.2, 0.25) is 0 Å². The fraction of sp³-hybridized carbons (Fsp3) is 0.438. The lowest BCUT2D eigenvalue weighted by molar-refractivity contribution is 0.342. The van der Waals surface area contributed by atoms with E-state index < -0.39 is 10.3 Å². The molecule has 0 spiro atoms. The molecule has 1 unspecified atom stereocenters. The van der Waals surface area contributed by atoms with Crippen molar-refractivity contribution in [3.05, 3.63) is 45.9 Å². The number of anilines is 1. The van der Waals surface area contributed by atoms with Crippen molar-refractivity contribution < 1.29 is 12.6 Å². The summed E-state index contributed by atoms with van der Waals surface area (Å²) in [6.45, 7) is 6.00. The molecule has 0 bridgehead atoms. The molecule has 126 valence electrons. The SMILES string of the molecule is CCOS(=O)(=O)Nc1ccc(CC(C)c2nc(CC)cs2)cc1. The van der Waals surface area contributed by atoms with Crippen LogP contribution in [-0.2, 0) is 27.3 Å². The fourth-order valence-electron chi connectivity index (χ4n) is 2.19. The van der Waals surface area contributed by atoms with Crippen LogP contribution < -0.4 is 4.72 Å². The van der Waals surface area contributed by atoms with E-state index >= 15 is 0 Å². The van der Waals surface area contributed by atoms with Gasteiger partial charge in [-0.05, 0) is 37.5 Å². The zero-order valence-electron chi connectivity index (χ0n) is 13.6. The van der Waals surface area contributed by atoms with Crippen LogP contribution in [0, 0.1) is 0 Å². The molecule has 1 aromatic heterocycles. The molecule has 23 heavy (non-hydrogen) atoms. The van der Waals surface area contributed by atoms with Crippen molar-refractivity contribution in [3.63, 3.8) is 0 Å². The van der Waals surface area contributed by atoms with E-state index in [4.69, 9.17) is 0 Å². The van der Waals surface area contributed by atoms with Gasteiger partial charge in [0.25, 0.3) is 0 Å². The number of aryl methyl sites for hydroxylation is 1. The highest BCUT2D eigenvalue weighted by atomic mass is 32.2. The standard InChI is InChI=1S/C16H22N2O3S2/c1-4-14-11-22-16(17-14)12(3)10-13-6-8-15(9-7-13)18-23(19,20)21-5-2/h6-9,11-12,18H,4-5,10H2,1-3H3. The van der Waals surface area contributed by atoms with E-state index in [1.165, 1.54) is 0 Å². The highest BCUT2D eigenvalue weighted by Crippen LogP contribution is 2.24. The molecule has 2 rings (SSSR count). The molecule has 1 atom stereocenters. The normalized spacial score (nSPS) is 13.0. The number of hydrogen-bond acceptors (Lipinski definition) is 5. The minimum absolute atomic E-state index is 0.110. The predicted molar refractivity (Wildman–Crippen MR) is 94.2 cm³/mol. The topological polar surface area (TPSA) is 68.3 Å². The van der Waals surface area contributed by atoms with Crippen LogP contribution in [-0.4, -0.2) is 20.0 Å². The van der Waals surface area contributed by atoms with Gasteiger partial charge < -0.3 is 0 Å². The maximum absolute atomic E-state index is 11.5. The molecule has 0 aliphatic heterocycles. The number of rotatable bonds is 8. The lowest BCUT2D eigenvalue weighted by Crippen LogP contribution is -2.15. The summed E-state index contributed by atoms with van der Waals surface area (Å²) in [5.41, 5.74) is 2.78. The van der Waals surface area contributed by atoms with Crippen molar-refractivity contribution in [3.8, 4) is 0 Å². The third-order valence-electron chi connectivity index (χ3n) is 3.36. The van der Waals surface area contributed by atoms with Gasteiger partial charge in [-0.25, -0.2) is 4.98 Å². The average Bonchev–Trinajstić information content (AvgIpc) is 2.98. The second-order valence-electron chi connectivity index (χ2n) is 5.30. The van der Waals surface area contributed by atoms with Crippen LogP contribution in [0.3, 0.4) is 0 Å². The van der Waals surface area contributed by atoms with Gasteiger partial charge in [0, 0.05) is 11.3 Å². The van der Waals surface area contributed by atoms with E-state index in [-0.39, 0.29) is 6.61 Å². The summed E-state index contributed by atoms with van der Waals surface area (Å²) < 4.78 is 30.1. The molecule has 0 saturated carbocycles. The van der Waals surface area contributed by atoms with Gasteiger partial charge in [0.05, 0.1) is 23.0 Å². The summed E-state index contributed by atoms with van der Waals surface area (Å²) in [5.74, 6) is 0.339. The van der Waals surface area contributed by atoms with Gasteiger partial charge in [-0.2, -0.15) is 8.42 Å². The summed E-state index contributed by atoms with van der Waals surface area (Å²) in [6.07, 6.45) is 1.83. The van der Waals surface area contributed by atoms with E-state index in [0.29, 0.717) is 11.6 Å². The Balaban J connectivity index is 1.99. The van der Waals surface area contributed by atoms with E-state index in [1.807, 2.05) is 12.1 Å². The molecule has 0 amide bonds. The highest BCUT2D eigenvalue weighted by molar-refractivity contribution is 7.88. The maximum Gasteiger partial charge on any atom is 0.359 e. The van der Waals surface area contributed by atoms with Gasteiger partial charge in [-0.3, -0.25) is 8.91 Å². The van der Waals surface area contributed by atoms with E-state index in [1.54, 1.807) is 30.4 Å². The number of hydrogen-bond donors (Lipinski definition) is 1. The number of benzene rings is 1. The maximum atomic E-state index is 11.5. The second kappa shape index (κ2) is 7.90. The van der Waals surface area contributed by atoms with E-state index in [0.717, 1.165) is 29.1 Å². The Kier molecular flexibility index (Phi) is 6.15. The molecule has 0 aliphatic rings. The van der Waals surface area contributed by atoms with Gasteiger partial charge in [-0.1, -0.05) is 26.0 Å². The third kappa shape index (κ3) is 5.30. The van der Waals surface area contributed by atoms with Crippen LogP contribution in [0.15, 0.2) is 29.6 Å². The molecule has 0 saturated heterocycles. The van der Waals surface area contributed by atoms with E-state index in [9.17, 15) is 8.42 Å². The van der Waals surface area contributed by atoms with Gasteiger partial charge in [0.15, 0.2) is 0 Å². The van der Waals surface area contributed by atoms with Crippen molar-refractivity contribution in [2.75, 3.05) is 11.3 Å². The Morgan fingerprint density at radius 2 is 1.96 bits per heavy atom. The van der Waals surface area contributed by atoms with Gasteiger partial charge in [0.1, 0.15) is 0 Å². The first-order valence-corrected chi connectivity index (χ1v) is 9.92. The van der Waals surface area contributed by atoms with Crippen LogP contribution >= 0.6 is 11.3 Å². The van der Waals surface area contributed by atoms with Crippen molar-refractivity contribution in [2.24, 2.45) is 0 Å².